The van der Waals surface area contributed by atoms with E-state index >= 15 is 0 Å². The monoisotopic (exact) mass is 644 g/mol. The van der Waals surface area contributed by atoms with Crippen molar-refractivity contribution in [3.05, 3.63) is 101 Å². The molecular formula is C33H32N4O8S. The molecule has 238 valence electrons. The van der Waals surface area contributed by atoms with Crippen LogP contribution in [-0.4, -0.2) is 61.3 Å². The summed E-state index contributed by atoms with van der Waals surface area (Å²) in [6.45, 7) is 4.39. The van der Waals surface area contributed by atoms with Crippen LogP contribution >= 0.6 is 0 Å². The van der Waals surface area contributed by atoms with Crippen LogP contribution in [0.3, 0.4) is 0 Å². The minimum atomic E-state index is -3.72. The fourth-order valence-electron chi connectivity index (χ4n) is 5.10. The second-order valence-electron chi connectivity index (χ2n) is 10.6. The zero-order valence-electron chi connectivity index (χ0n) is 25.3. The summed E-state index contributed by atoms with van der Waals surface area (Å²) in [6.07, 6.45) is 3.72. The number of morpholine rings is 1. The first-order valence-electron chi connectivity index (χ1n) is 14.7. The third-order valence-corrected chi connectivity index (χ3v) is 9.36. The number of nitrogens with one attached hydrogen (secondary N) is 1. The highest BCUT2D eigenvalue weighted by Gasteiger charge is 2.26. The first-order valence-corrected chi connectivity index (χ1v) is 16.2. The summed E-state index contributed by atoms with van der Waals surface area (Å²) in [6, 6.07) is 18.9. The van der Waals surface area contributed by atoms with Crippen molar-refractivity contribution in [1.29, 1.82) is 0 Å². The smallest absolute Gasteiger partial charge is 0.262 e. The Labute approximate surface area is 265 Å². The van der Waals surface area contributed by atoms with Crippen molar-refractivity contribution in [1.82, 2.24) is 14.1 Å². The molecule has 0 saturated carbocycles. The molecule has 0 atom stereocenters. The van der Waals surface area contributed by atoms with E-state index in [0.29, 0.717) is 47.8 Å². The van der Waals surface area contributed by atoms with Gasteiger partial charge in [-0.1, -0.05) is 31.2 Å². The van der Waals surface area contributed by atoms with Gasteiger partial charge in [0.1, 0.15) is 17.1 Å². The number of amides is 1. The molecular weight excluding hydrogens is 612 g/mol. The van der Waals surface area contributed by atoms with Crippen molar-refractivity contribution < 1.29 is 31.8 Å². The molecule has 1 amide bonds. The highest BCUT2D eigenvalue weighted by molar-refractivity contribution is 7.89. The van der Waals surface area contributed by atoms with Crippen LogP contribution in [-0.2, 0) is 26.0 Å². The molecule has 2 aromatic heterocycles. The van der Waals surface area contributed by atoms with Gasteiger partial charge in [-0.2, -0.15) is 9.40 Å². The van der Waals surface area contributed by atoms with E-state index in [1.807, 2.05) is 37.3 Å². The lowest BCUT2D eigenvalue weighted by Crippen LogP contribution is -2.40. The maximum absolute atomic E-state index is 13.5. The minimum absolute atomic E-state index is 0.0491. The molecule has 0 radical (unpaired) electrons. The number of carbonyl (C=O) groups is 1. The highest BCUT2D eigenvalue weighted by atomic mass is 32.2. The molecule has 3 aromatic carbocycles. The van der Waals surface area contributed by atoms with Crippen LogP contribution in [0.4, 0.5) is 5.69 Å². The van der Waals surface area contributed by atoms with Gasteiger partial charge in [-0.15, -0.1) is 0 Å². The van der Waals surface area contributed by atoms with Gasteiger partial charge in [0.05, 0.1) is 41.6 Å². The Balaban J connectivity index is 1.16. The van der Waals surface area contributed by atoms with Gasteiger partial charge in [-0.3, -0.25) is 9.59 Å². The minimum Gasteiger partial charge on any atom is -0.483 e. The summed E-state index contributed by atoms with van der Waals surface area (Å²) < 4.78 is 52.1. The number of nitrogens with zero attached hydrogens (tertiary/aromatic N) is 3. The molecule has 0 spiro atoms. The van der Waals surface area contributed by atoms with Crippen molar-refractivity contribution >= 4 is 32.6 Å². The zero-order chi connectivity index (χ0) is 32.3. The number of para-hydroxylation sites is 1. The van der Waals surface area contributed by atoms with Gasteiger partial charge in [-0.25, -0.2) is 13.1 Å². The molecule has 12 nitrogen and oxygen atoms in total. The second kappa shape index (κ2) is 13.2. The number of sulfonamides is 1. The largest absolute Gasteiger partial charge is 0.483 e. The second-order valence-corrected chi connectivity index (χ2v) is 12.5. The number of rotatable bonds is 10. The number of ether oxygens (including phenoxy) is 3. The fraction of sp³-hybridized carbons (Fsp3) is 0.242. The molecule has 0 aliphatic carbocycles. The Morgan fingerprint density at radius 2 is 1.83 bits per heavy atom. The van der Waals surface area contributed by atoms with Crippen molar-refractivity contribution in [3.8, 4) is 22.9 Å². The number of aromatic nitrogens is 2. The van der Waals surface area contributed by atoms with Crippen LogP contribution in [0.5, 0.6) is 17.2 Å². The number of benzene rings is 3. The van der Waals surface area contributed by atoms with Gasteiger partial charge in [0, 0.05) is 24.8 Å². The van der Waals surface area contributed by atoms with E-state index in [1.54, 1.807) is 42.1 Å². The lowest BCUT2D eigenvalue weighted by Gasteiger charge is -2.26. The number of fused-ring (bicyclic) bond motifs is 1. The Bertz CT molecular complexity index is 2050. The van der Waals surface area contributed by atoms with Gasteiger partial charge >= 0.3 is 0 Å². The summed E-state index contributed by atoms with van der Waals surface area (Å²) in [4.78, 5) is 26.4. The van der Waals surface area contributed by atoms with Gasteiger partial charge in [-0.05, 0) is 55.3 Å². The van der Waals surface area contributed by atoms with Crippen LogP contribution in [0.25, 0.3) is 16.7 Å². The zero-order valence-corrected chi connectivity index (χ0v) is 26.1. The quantitative estimate of drug-likeness (QED) is 0.229. The van der Waals surface area contributed by atoms with Crippen LogP contribution < -0.4 is 20.2 Å². The SMILES string of the molecule is CCc1cc2c(=O)c(Oc3cnn(-c4ccccc4)c3)c(C)oc2cc1OCC(=O)Nc1cccc(S(=O)(=O)N2CCOCC2)c1. The Kier molecular flexibility index (Phi) is 8.88. The number of anilines is 1. The van der Waals surface area contributed by atoms with Crippen LogP contribution in [0.2, 0.25) is 0 Å². The molecule has 1 fully saturated rings. The van der Waals surface area contributed by atoms with Crippen molar-refractivity contribution in [3.63, 3.8) is 0 Å². The van der Waals surface area contributed by atoms with Crippen molar-refractivity contribution in [2.24, 2.45) is 0 Å². The Morgan fingerprint density at radius 1 is 1.04 bits per heavy atom. The molecule has 0 bridgehead atoms. The normalized spacial score (nSPS) is 13.9. The summed E-state index contributed by atoms with van der Waals surface area (Å²) in [5.74, 6) is 0.594. The standard InChI is InChI=1S/C33H32N4O8S/c1-3-23-16-28-30(44-22(2)33(32(28)39)45-26-19-34-37(20-26)25-9-5-4-6-10-25)18-29(23)43-21-31(38)35-24-8-7-11-27(17-24)46(40,41)36-12-14-42-15-13-36/h4-11,16-20H,3,12-15,21H2,1-2H3,(H,35,38). The lowest BCUT2D eigenvalue weighted by molar-refractivity contribution is -0.118. The van der Waals surface area contributed by atoms with Crippen molar-refractivity contribution in [2.45, 2.75) is 25.2 Å². The molecule has 46 heavy (non-hydrogen) atoms. The maximum Gasteiger partial charge on any atom is 0.262 e. The Morgan fingerprint density at radius 3 is 2.59 bits per heavy atom. The molecule has 13 heteroatoms. The predicted molar refractivity (Wildman–Crippen MR) is 170 cm³/mol. The first kappa shape index (κ1) is 31.0. The van der Waals surface area contributed by atoms with E-state index in [1.165, 1.54) is 22.6 Å². The average Bonchev–Trinajstić information content (AvgIpc) is 3.55. The van der Waals surface area contributed by atoms with E-state index in [4.69, 9.17) is 18.6 Å². The molecule has 5 aromatic rings. The highest BCUT2D eigenvalue weighted by Crippen LogP contribution is 2.30. The molecule has 6 rings (SSSR count). The number of hydrogen-bond donors (Lipinski definition) is 1. The Hall–Kier alpha value is -4.98. The molecule has 1 N–H and O–H groups in total. The van der Waals surface area contributed by atoms with Crippen LogP contribution in [0.15, 0.2) is 93.2 Å². The summed E-state index contributed by atoms with van der Waals surface area (Å²) in [5, 5.41) is 7.32. The van der Waals surface area contributed by atoms with E-state index in [0.717, 1.165) is 5.69 Å². The van der Waals surface area contributed by atoms with E-state index in [2.05, 4.69) is 10.4 Å². The lowest BCUT2D eigenvalue weighted by atomic mass is 10.1. The predicted octanol–water partition coefficient (Wildman–Crippen LogP) is 4.68. The van der Waals surface area contributed by atoms with Gasteiger partial charge < -0.3 is 23.9 Å². The van der Waals surface area contributed by atoms with Crippen LogP contribution in [0, 0.1) is 6.92 Å². The van der Waals surface area contributed by atoms with Gasteiger partial charge in [0.2, 0.25) is 21.2 Å². The van der Waals surface area contributed by atoms with Gasteiger partial charge in [0.25, 0.3) is 5.91 Å². The van der Waals surface area contributed by atoms with E-state index in [-0.39, 0.29) is 47.1 Å². The van der Waals surface area contributed by atoms with Crippen molar-refractivity contribution in [2.75, 3.05) is 38.2 Å². The summed E-state index contributed by atoms with van der Waals surface area (Å²) in [5.41, 5.74) is 1.79. The number of aryl methyl sites for hydroxylation is 2. The molecule has 1 saturated heterocycles. The van der Waals surface area contributed by atoms with E-state index in [9.17, 15) is 18.0 Å². The number of hydrogen-bond acceptors (Lipinski definition) is 9. The van der Waals surface area contributed by atoms with E-state index < -0.39 is 15.9 Å². The first-order chi connectivity index (χ1) is 22.2. The third-order valence-electron chi connectivity index (χ3n) is 7.46. The maximum atomic E-state index is 13.5. The number of carbonyl (C=O) groups excluding carboxylic acids is 1. The fourth-order valence-corrected chi connectivity index (χ4v) is 6.55. The topological polar surface area (TPSA) is 142 Å². The average molecular weight is 645 g/mol. The molecule has 0 unspecified atom stereocenters. The third kappa shape index (κ3) is 6.52. The van der Waals surface area contributed by atoms with Gasteiger partial charge in [0.15, 0.2) is 12.4 Å². The van der Waals surface area contributed by atoms with Crippen LogP contribution in [0.1, 0.15) is 18.2 Å². The molecule has 1 aliphatic heterocycles. The summed E-state index contributed by atoms with van der Waals surface area (Å²) >= 11 is 0. The molecule has 1 aliphatic rings. The molecule has 3 heterocycles. The summed E-state index contributed by atoms with van der Waals surface area (Å²) in [7, 11) is -3.72.